The minimum Gasteiger partial charge on any atom is -0.305 e. The first-order valence-electron chi connectivity index (χ1n) is 5.98. The summed E-state index contributed by atoms with van der Waals surface area (Å²) in [6, 6.07) is 0. The molecule has 0 aliphatic carbocycles. The summed E-state index contributed by atoms with van der Waals surface area (Å²) < 4.78 is 4.92. The van der Waals surface area contributed by atoms with Gasteiger partial charge in [-0.15, -0.1) is 26.3 Å². The van der Waals surface area contributed by atoms with E-state index in [0.29, 0.717) is 0 Å². The van der Waals surface area contributed by atoms with Crippen LogP contribution in [0, 0.1) is 0 Å². The van der Waals surface area contributed by atoms with E-state index in [4.69, 9.17) is 0 Å². The zero-order valence-electron chi connectivity index (χ0n) is 11.4. The SMILES string of the molecule is C=CCN(CC=C)[Si](C)(C)N(CC=C)CC=C. The standard InChI is InChI=1S/C14H26N2Si/c1-7-11-15(12-8-2)17(5,6)16(13-9-3)14-10-4/h7-10H,1-4,11-14H2,5-6H3. The third kappa shape index (κ3) is 4.85. The van der Waals surface area contributed by atoms with E-state index in [1.807, 2.05) is 24.3 Å². The molecule has 0 rings (SSSR count). The van der Waals surface area contributed by atoms with Gasteiger partial charge in [0.2, 0.25) is 8.40 Å². The molecule has 0 spiro atoms. The normalized spacial score (nSPS) is 11.5. The summed E-state index contributed by atoms with van der Waals surface area (Å²) in [5, 5.41) is 0. The number of hydrogen-bond acceptors (Lipinski definition) is 2. The summed E-state index contributed by atoms with van der Waals surface area (Å²) >= 11 is 0. The Morgan fingerprint density at radius 3 is 1.12 bits per heavy atom. The Morgan fingerprint density at radius 2 is 0.941 bits per heavy atom. The average molecular weight is 250 g/mol. The highest BCUT2D eigenvalue weighted by atomic mass is 28.3. The first-order valence-corrected chi connectivity index (χ1v) is 8.87. The van der Waals surface area contributed by atoms with Crippen LogP contribution in [0.25, 0.3) is 0 Å². The summed E-state index contributed by atoms with van der Waals surface area (Å²) in [4.78, 5) is 0. The molecule has 0 amide bonds. The maximum atomic E-state index is 3.83. The molecule has 0 atom stereocenters. The van der Waals surface area contributed by atoms with Crippen molar-refractivity contribution in [3.63, 3.8) is 0 Å². The molecular weight excluding hydrogens is 224 g/mol. The van der Waals surface area contributed by atoms with Gasteiger partial charge >= 0.3 is 0 Å². The molecule has 0 fully saturated rings. The van der Waals surface area contributed by atoms with Crippen molar-refractivity contribution in [2.24, 2.45) is 0 Å². The molecule has 0 aromatic heterocycles. The molecule has 0 radical (unpaired) electrons. The van der Waals surface area contributed by atoms with E-state index in [1.54, 1.807) is 0 Å². The Bertz CT molecular complexity index is 225. The van der Waals surface area contributed by atoms with Crippen LogP contribution in [-0.4, -0.2) is 43.7 Å². The highest BCUT2D eigenvalue weighted by molar-refractivity contribution is 6.72. The monoisotopic (exact) mass is 250 g/mol. The second-order valence-electron chi connectivity index (χ2n) is 4.46. The lowest BCUT2D eigenvalue weighted by atomic mass is 10.5. The van der Waals surface area contributed by atoms with Gasteiger partial charge in [-0.2, -0.15) is 0 Å². The predicted molar refractivity (Wildman–Crippen MR) is 81.4 cm³/mol. The summed E-state index contributed by atoms with van der Waals surface area (Å²) in [5.41, 5.74) is 0. The molecule has 0 saturated carbocycles. The van der Waals surface area contributed by atoms with Gasteiger partial charge in [-0.25, -0.2) is 0 Å². The highest BCUT2D eigenvalue weighted by Gasteiger charge is 2.33. The minimum absolute atomic E-state index is 0.899. The van der Waals surface area contributed by atoms with Crippen LogP contribution in [0.3, 0.4) is 0 Å². The lowest BCUT2D eigenvalue weighted by Gasteiger charge is -2.43. The lowest BCUT2D eigenvalue weighted by molar-refractivity contribution is 0.401. The second-order valence-corrected chi connectivity index (χ2v) is 8.71. The predicted octanol–water partition coefficient (Wildman–Crippen LogP) is 3.04. The molecule has 0 aromatic carbocycles. The van der Waals surface area contributed by atoms with Gasteiger partial charge in [-0.1, -0.05) is 24.3 Å². The molecule has 96 valence electrons. The minimum atomic E-state index is -1.66. The van der Waals surface area contributed by atoms with Crippen LogP contribution in [0.1, 0.15) is 0 Å². The number of hydrogen-bond donors (Lipinski definition) is 0. The lowest BCUT2D eigenvalue weighted by Crippen LogP contribution is -2.61. The van der Waals surface area contributed by atoms with Gasteiger partial charge in [0.15, 0.2) is 0 Å². The van der Waals surface area contributed by atoms with Crippen molar-refractivity contribution in [2.45, 2.75) is 13.1 Å². The molecule has 17 heavy (non-hydrogen) atoms. The zero-order valence-corrected chi connectivity index (χ0v) is 12.4. The van der Waals surface area contributed by atoms with Crippen LogP contribution in [-0.2, 0) is 0 Å². The zero-order chi connectivity index (χ0) is 13.3. The van der Waals surface area contributed by atoms with Crippen molar-refractivity contribution in [3.8, 4) is 0 Å². The third-order valence-corrected chi connectivity index (χ3v) is 6.77. The van der Waals surface area contributed by atoms with Gasteiger partial charge in [0.05, 0.1) is 0 Å². The van der Waals surface area contributed by atoms with Crippen LogP contribution >= 0.6 is 0 Å². The van der Waals surface area contributed by atoms with Crippen LogP contribution in [0.15, 0.2) is 50.6 Å². The molecule has 2 nitrogen and oxygen atoms in total. The summed E-state index contributed by atoms with van der Waals surface area (Å²) in [5.74, 6) is 0. The van der Waals surface area contributed by atoms with E-state index >= 15 is 0 Å². The van der Waals surface area contributed by atoms with E-state index in [1.165, 1.54) is 0 Å². The van der Waals surface area contributed by atoms with Gasteiger partial charge in [0.25, 0.3) is 0 Å². The smallest absolute Gasteiger partial charge is 0.201 e. The number of nitrogens with zero attached hydrogens (tertiary/aromatic N) is 2. The molecule has 0 heterocycles. The molecule has 0 unspecified atom stereocenters. The third-order valence-electron chi connectivity index (χ3n) is 2.95. The van der Waals surface area contributed by atoms with Crippen LogP contribution in [0.5, 0.6) is 0 Å². The first-order chi connectivity index (χ1) is 8.04. The molecular formula is C14H26N2Si. The summed E-state index contributed by atoms with van der Waals surface area (Å²) in [7, 11) is -1.66. The van der Waals surface area contributed by atoms with Crippen LogP contribution < -0.4 is 0 Å². The van der Waals surface area contributed by atoms with Crippen molar-refractivity contribution >= 4 is 8.40 Å². The summed E-state index contributed by atoms with van der Waals surface area (Å²) in [6.07, 6.45) is 7.83. The van der Waals surface area contributed by atoms with Gasteiger partial charge < -0.3 is 9.13 Å². The van der Waals surface area contributed by atoms with Crippen molar-refractivity contribution in [1.29, 1.82) is 0 Å². The number of rotatable bonds is 10. The van der Waals surface area contributed by atoms with Crippen molar-refractivity contribution < 1.29 is 0 Å². The molecule has 0 saturated heterocycles. The fourth-order valence-electron chi connectivity index (χ4n) is 1.87. The molecule has 0 aliphatic rings. The first kappa shape index (κ1) is 16.1. The Kier molecular flexibility index (Phi) is 7.79. The van der Waals surface area contributed by atoms with E-state index < -0.39 is 8.40 Å². The van der Waals surface area contributed by atoms with Gasteiger partial charge in [-0.3, -0.25) is 0 Å². The largest absolute Gasteiger partial charge is 0.305 e. The second kappa shape index (κ2) is 8.23. The molecule has 0 aliphatic heterocycles. The molecule has 0 aromatic rings. The Labute approximate surface area is 108 Å². The Morgan fingerprint density at radius 1 is 0.706 bits per heavy atom. The van der Waals surface area contributed by atoms with Gasteiger partial charge in [-0.05, 0) is 13.1 Å². The van der Waals surface area contributed by atoms with Crippen LogP contribution in [0.2, 0.25) is 13.1 Å². The maximum Gasteiger partial charge on any atom is 0.201 e. The Hall–Kier alpha value is -0.903. The molecule has 3 heteroatoms. The van der Waals surface area contributed by atoms with Crippen molar-refractivity contribution in [2.75, 3.05) is 26.2 Å². The highest BCUT2D eigenvalue weighted by Crippen LogP contribution is 2.16. The fraction of sp³-hybridized carbons (Fsp3) is 0.429. The van der Waals surface area contributed by atoms with E-state index in [9.17, 15) is 0 Å². The fourth-order valence-corrected chi connectivity index (χ4v) is 4.57. The van der Waals surface area contributed by atoms with Gasteiger partial charge in [0.1, 0.15) is 0 Å². The topological polar surface area (TPSA) is 6.48 Å². The van der Waals surface area contributed by atoms with E-state index in [-0.39, 0.29) is 0 Å². The van der Waals surface area contributed by atoms with Crippen molar-refractivity contribution in [3.05, 3.63) is 50.6 Å². The van der Waals surface area contributed by atoms with E-state index in [0.717, 1.165) is 26.2 Å². The quantitative estimate of drug-likeness (QED) is 0.434. The maximum absolute atomic E-state index is 3.83. The van der Waals surface area contributed by atoms with Crippen molar-refractivity contribution in [1.82, 2.24) is 9.13 Å². The van der Waals surface area contributed by atoms with Gasteiger partial charge in [0, 0.05) is 26.2 Å². The summed E-state index contributed by atoms with van der Waals surface area (Å²) in [6.45, 7) is 23.6. The average Bonchev–Trinajstić information content (AvgIpc) is 2.28. The van der Waals surface area contributed by atoms with Crippen LogP contribution in [0.4, 0.5) is 0 Å². The van der Waals surface area contributed by atoms with E-state index in [2.05, 4.69) is 48.5 Å². The Balaban J connectivity index is 4.94. The molecule has 0 bridgehead atoms. The molecule has 0 N–H and O–H groups in total.